The van der Waals surface area contributed by atoms with Crippen LogP contribution in [-0.4, -0.2) is 16.4 Å². The molecule has 0 bridgehead atoms. The molecule has 0 amide bonds. The van der Waals surface area contributed by atoms with Crippen LogP contribution in [0.1, 0.15) is 17.4 Å². The summed E-state index contributed by atoms with van der Waals surface area (Å²) in [6, 6.07) is 4.40. The Bertz CT molecular complexity index is 617. The van der Waals surface area contributed by atoms with Gasteiger partial charge in [-0.05, 0) is 6.07 Å². The van der Waals surface area contributed by atoms with Gasteiger partial charge in [0.15, 0.2) is 6.54 Å². The quantitative estimate of drug-likeness (QED) is 0.597. The molecule has 0 saturated carbocycles. The van der Waals surface area contributed by atoms with Crippen LogP contribution in [0.3, 0.4) is 0 Å². The largest absolute Gasteiger partial charge is 0.839 e. The Balaban J connectivity index is 2.73. The van der Waals surface area contributed by atoms with Crippen LogP contribution in [0.15, 0.2) is 24.4 Å². The van der Waals surface area contributed by atoms with E-state index in [0.717, 1.165) is 6.92 Å². The summed E-state index contributed by atoms with van der Waals surface area (Å²) in [5.74, 6) is -1.49. The minimum absolute atomic E-state index is 0.0463. The van der Waals surface area contributed by atoms with Crippen LogP contribution in [0, 0.1) is 0 Å². The van der Waals surface area contributed by atoms with Crippen molar-refractivity contribution in [3.8, 4) is 5.88 Å². The first-order chi connectivity index (χ1) is 8.31. The number of hydrogen-bond acceptors (Lipinski definition) is 2. The van der Waals surface area contributed by atoms with Gasteiger partial charge in [0.25, 0.3) is 5.65 Å². The van der Waals surface area contributed by atoms with E-state index in [2.05, 4.69) is 0 Å². The number of ketones is 1. The molecule has 96 valence electrons. The van der Waals surface area contributed by atoms with Gasteiger partial charge in [-0.3, -0.25) is 4.79 Å². The minimum atomic E-state index is -4.52. The molecule has 2 heterocycles. The van der Waals surface area contributed by atoms with Crippen molar-refractivity contribution in [3.05, 3.63) is 30.1 Å². The Kier molecular flexibility index (Phi) is 2.76. The molecule has 0 aliphatic carbocycles. The fourth-order valence-corrected chi connectivity index (χ4v) is 1.83. The summed E-state index contributed by atoms with van der Waals surface area (Å²) in [6.45, 7) is -0.263. The van der Waals surface area contributed by atoms with Crippen molar-refractivity contribution in [3.63, 3.8) is 0 Å². The van der Waals surface area contributed by atoms with Crippen molar-refractivity contribution in [1.82, 2.24) is 4.40 Å². The van der Waals surface area contributed by atoms with Crippen molar-refractivity contribution in [1.29, 1.82) is 0 Å². The summed E-state index contributed by atoms with van der Waals surface area (Å²) in [7, 11) is 0. The molecule has 0 fully saturated rings. The second kappa shape index (κ2) is 4.01. The SMILES string of the molecule is CC(=O)c1c([O-])[n+](CC(F)(F)F)c2ccccn12. The van der Waals surface area contributed by atoms with E-state index in [1.807, 2.05) is 0 Å². The zero-order valence-electron chi connectivity index (χ0n) is 9.36. The lowest BCUT2D eigenvalue weighted by Crippen LogP contribution is -2.43. The first-order valence-electron chi connectivity index (χ1n) is 5.09. The third-order valence-corrected chi connectivity index (χ3v) is 2.47. The number of aromatic nitrogens is 2. The van der Waals surface area contributed by atoms with Crippen LogP contribution < -0.4 is 9.67 Å². The van der Waals surface area contributed by atoms with Gasteiger partial charge in [0.1, 0.15) is 5.88 Å². The number of fused-ring (bicyclic) bond motifs is 1. The van der Waals surface area contributed by atoms with E-state index < -0.39 is 24.4 Å². The number of halogens is 3. The van der Waals surface area contributed by atoms with Crippen LogP contribution in [-0.2, 0) is 6.54 Å². The molecular formula is C11H9F3N2O2. The van der Waals surface area contributed by atoms with Crippen molar-refractivity contribution < 1.29 is 27.6 Å². The maximum Gasteiger partial charge on any atom is 0.426 e. The Morgan fingerprint density at radius 1 is 1.44 bits per heavy atom. The van der Waals surface area contributed by atoms with E-state index in [9.17, 15) is 23.1 Å². The van der Waals surface area contributed by atoms with Gasteiger partial charge in [-0.25, -0.2) is 4.57 Å². The number of pyridine rings is 1. The maximum absolute atomic E-state index is 12.4. The van der Waals surface area contributed by atoms with Crippen LogP contribution in [0.25, 0.3) is 5.65 Å². The summed E-state index contributed by atoms with van der Waals surface area (Å²) in [4.78, 5) is 11.3. The molecule has 0 unspecified atom stereocenters. The van der Waals surface area contributed by atoms with E-state index in [4.69, 9.17) is 0 Å². The molecule has 0 saturated heterocycles. The number of alkyl halides is 3. The molecule has 7 heteroatoms. The third kappa shape index (κ3) is 2.03. The number of rotatable bonds is 2. The fraction of sp³-hybridized carbons (Fsp3) is 0.273. The number of nitrogens with zero attached hydrogens (tertiary/aromatic N) is 2. The molecule has 0 aromatic carbocycles. The summed E-state index contributed by atoms with van der Waals surface area (Å²) in [5, 5.41) is 11.8. The highest BCUT2D eigenvalue weighted by atomic mass is 19.4. The van der Waals surface area contributed by atoms with E-state index in [1.165, 1.54) is 28.8 Å². The summed E-state index contributed by atoms with van der Waals surface area (Å²) < 4.78 is 38.9. The van der Waals surface area contributed by atoms with E-state index in [0.29, 0.717) is 4.57 Å². The highest BCUT2D eigenvalue weighted by Gasteiger charge is 2.34. The van der Waals surface area contributed by atoms with Gasteiger partial charge in [0, 0.05) is 13.0 Å². The number of imidazole rings is 1. The van der Waals surface area contributed by atoms with E-state index >= 15 is 0 Å². The molecule has 0 spiro atoms. The average Bonchev–Trinajstić information content (AvgIpc) is 2.50. The average molecular weight is 258 g/mol. The minimum Gasteiger partial charge on any atom is -0.839 e. The highest BCUT2D eigenvalue weighted by Crippen LogP contribution is 2.20. The van der Waals surface area contributed by atoms with Crippen molar-refractivity contribution in [2.45, 2.75) is 19.6 Å². The lowest BCUT2D eigenvalue weighted by atomic mass is 10.3. The van der Waals surface area contributed by atoms with Crippen molar-refractivity contribution in [2.75, 3.05) is 0 Å². The fourth-order valence-electron chi connectivity index (χ4n) is 1.83. The van der Waals surface area contributed by atoms with Crippen LogP contribution in [0.4, 0.5) is 13.2 Å². The van der Waals surface area contributed by atoms with Crippen molar-refractivity contribution >= 4 is 11.4 Å². The molecule has 2 rings (SSSR count). The Labute approximate surface area is 99.9 Å². The number of Topliss-reactive ketones (excluding diaryl/α,β-unsaturated/α-hetero) is 1. The van der Waals surface area contributed by atoms with Crippen LogP contribution >= 0.6 is 0 Å². The predicted octanol–water partition coefficient (Wildman–Crippen LogP) is 1.07. The topological polar surface area (TPSA) is 48.4 Å². The standard InChI is InChI=1S/C11H9F3N2O2/c1-7(17)9-10(18)16(6-11(12,13)14)8-4-2-3-5-15(8)9/h2-5H,6H2,1H3. The second-order valence-corrected chi connectivity index (χ2v) is 3.84. The molecule has 4 nitrogen and oxygen atoms in total. The van der Waals surface area contributed by atoms with Gasteiger partial charge in [0.05, 0.1) is 6.20 Å². The molecule has 18 heavy (non-hydrogen) atoms. The van der Waals surface area contributed by atoms with Crippen molar-refractivity contribution in [2.24, 2.45) is 0 Å². The normalized spacial score (nSPS) is 12.0. The van der Waals surface area contributed by atoms with Gasteiger partial charge in [-0.2, -0.15) is 17.6 Å². The van der Waals surface area contributed by atoms with Crippen LogP contribution in [0.2, 0.25) is 0 Å². The smallest absolute Gasteiger partial charge is 0.426 e. The van der Waals surface area contributed by atoms with E-state index in [-0.39, 0.29) is 11.3 Å². The lowest BCUT2D eigenvalue weighted by Gasteiger charge is -2.08. The molecular weight excluding hydrogens is 249 g/mol. The zero-order valence-corrected chi connectivity index (χ0v) is 9.36. The van der Waals surface area contributed by atoms with Gasteiger partial charge in [-0.1, -0.05) is 6.07 Å². The maximum atomic E-state index is 12.4. The summed E-state index contributed by atoms with van der Waals surface area (Å²) >= 11 is 0. The van der Waals surface area contributed by atoms with Gasteiger partial charge in [0.2, 0.25) is 11.5 Å². The second-order valence-electron chi connectivity index (χ2n) is 3.84. The molecule has 2 aromatic rings. The van der Waals surface area contributed by atoms with Gasteiger partial charge < -0.3 is 5.11 Å². The van der Waals surface area contributed by atoms with Gasteiger partial charge in [-0.15, -0.1) is 0 Å². The molecule has 0 aliphatic heterocycles. The highest BCUT2D eigenvalue weighted by molar-refractivity contribution is 5.94. The predicted molar refractivity (Wildman–Crippen MR) is 53.1 cm³/mol. The lowest BCUT2D eigenvalue weighted by molar-refractivity contribution is -0.731. The molecule has 0 aliphatic rings. The summed E-state index contributed by atoms with van der Waals surface area (Å²) in [5.41, 5.74) is -0.222. The molecule has 0 N–H and O–H groups in total. The Morgan fingerprint density at radius 3 is 2.67 bits per heavy atom. The zero-order chi connectivity index (χ0) is 13.5. The molecule has 0 radical (unpaired) electrons. The first-order valence-corrected chi connectivity index (χ1v) is 5.09. The molecule has 0 atom stereocenters. The third-order valence-electron chi connectivity index (χ3n) is 2.47. The number of carbonyl (C=O) groups excluding carboxylic acids is 1. The number of carbonyl (C=O) groups is 1. The Hall–Kier alpha value is -2.05. The molecule has 2 aromatic heterocycles. The van der Waals surface area contributed by atoms with E-state index in [1.54, 1.807) is 0 Å². The Morgan fingerprint density at radius 2 is 2.11 bits per heavy atom. The summed E-state index contributed by atoms with van der Waals surface area (Å²) in [6.07, 6.45) is -3.13. The van der Waals surface area contributed by atoms with Crippen LogP contribution in [0.5, 0.6) is 5.88 Å². The first kappa shape index (κ1) is 12.4. The monoisotopic (exact) mass is 258 g/mol. The number of hydrogen-bond donors (Lipinski definition) is 0. The van der Waals surface area contributed by atoms with Gasteiger partial charge >= 0.3 is 6.18 Å².